The molecule has 0 aliphatic rings. The highest BCUT2D eigenvalue weighted by Crippen LogP contribution is 2.24. The van der Waals surface area contributed by atoms with Crippen LogP contribution in [-0.4, -0.2) is 19.6 Å². The molecule has 3 N–H and O–H groups in total. The lowest BCUT2D eigenvalue weighted by Crippen LogP contribution is -2.20. The van der Waals surface area contributed by atoms with Crippen molar-refractivity contribution in [2.24, 2.45) is 0 Å². The molecule has 5 nitrogen and oxygen atoms in total. The van der Waals surface area contributed by atoms with E-state index in [9.17, 15) is 4.79 Å². The van der Waals surface area contributed by atoms with Crippen molar-refractivity contribution in [3.63, 3.8) is 0 Å². The minimum atomic E-state index is -0.280. The first kappa shape index (κ1) is 16.7. The normalized spacial score (nSPS) is 10.4. The van der Waals surface area contributed by atoms with Crippen LogP contribution in [0.5, 0.6) is 11.5 Å². The number of nitrogens with two attached hydrogens (primary N) is 1. The molecule has 122 valence electrons. The summed E-state index contributed by atoms with van der Waals surface area (Å²) < 4.78 is 10.6. The predicted octanol–water partition coefficient (Wildman–Crippen LogP) is 3.42. The molecule has 23 heavy (non-hydrogen) atoms. The Labute approximate surface area is 136 Å². The number of carbonyl (C=O) groups is 1. The maximum absolute atomic E-state index is 12.0. The third-order valence-corrected chi connectivity index (χ3v) is 3.45. The summed E-state index contributed by atoms with van der Waals surface area (Å²) in [6, 6.07) is 12.8. The van der Waals surface area contributed by atoms with E-state index in [1.165, 1.54) is 5.56 Å². The van der Waals surface area contributed by atoms with Gasteiger partial charge in [-0.25, -0.2) is 0 Å². The lowest BCUT2D eigenvalue weighted by Gasteiger charge is -2.11. The molecule has 0 saturated heterocycles. The zero-order chi connectivity index (χ0) is 16.8. The molecule has 2 aromatic rings. The molecule has 0 spiro atoms. The number of carbonyl (C=O) groups excluding carboxylic acids is 1. The molecule has 0 aliphatic carbocycles. The average molecular weight is 314 g/mol. The first-order valence-corrected chi connectivity index (χ1v) is 7.45. The SMILES string of the molecule is COc1ccc(N)c(NC(=O)COc2ccc(C(C)C)cc2)c1. The van der Waals surface area contributed by atoms with Crippen LogP contribution in [0.3, 0.4) is 0 Å². The summed E-state index contributed by atoms with van der Waals surface area (Å²) in [6.07, 6.45) is 0. The molecule has 0 fully saturated rings. The third-order valence-electron chi connectivity index (χ3n) is 3.45. The van der Waals surface area contributed by atoms with Crippen LogP contribution in [0.4, 0.5) is 11.4 Å². The zero-order valence-corrected chi connectivity index (χ0v) is 13.6. The number of amides is 1. The van der Waals surface area contributed by atoms with Gasteiger partial charge in [-0.1, -0.05) is 26.0 Å². The second kappa shape index (κ2) is 7.54. The van der Waals surface area contributed by atoms with Gasteiger partial charge in [0, 0.05) is 6.07 Å². The topological polar surface area (TPSA) is 73.6 Å². The quantitative estimate of drug-likeness (QED) is 0.801. The zero-order valence-electron chi connectivity index (χ0n) is 13.6. The van der Waals surface area contributed by atoms with Crippen molar-refractivity contribution < 1.29 is 14.3 Å². The highest BCUT2D eigenvalue weighted by atomic mass is 16.5. The van der Waals surface area contributed by atoms with Crippen LogP contribution in [0.2, 0.25) is 0 Å². The van der Waals surface area contributed by atoms with E-state index in [1.54, 1.807) is 25.3 Å². The van der Waals surface area contributed by atoms with Crippen LogP contribution in [0.1, 0.15) is 25.3 Å². The number of nitrogen functional groups attached to an aromatic ring is 1. The van der Waals surface area contributed by atoms with E-state index in [0.29, 0.717) is 28.8 Å². The van der Waals surface area contributed by atoms with Crippen LogP contribution in [0.15, 0.2) is 42.5 Å². The van der Waals surface area contributed by atoms with Crippen molar-refractivity contribution in [3.05, 3.63) is 48.0 Å². The molecular formula is C18H22N2O3. The monoisotopic (exact) mass is 314 g/mol. The van der Waals surface area contributed by atoms with E-state index in [2.05, 4.69) is 19.2 Å². The Hall–Kier alpha value is -2.69. The molecule has 0 aromatic heterocycles. The summed E-state index contributed by atoms with van der Waals surface area (Å²) in [7, 11) is 1.56. The maximum Gasteiger partial charge on any atom is 0.262 e. The molecular weight excluding hydrogens is 292 g/mol. The summed E-state index contributed by atoms with van der Waals surface area (Å²) >= 11 is 0. The van der Waals surface area contributed by atoms with Gasteiger partial charge in [0.2, 0.25) is 0 Å². The van der Waals surface area contributed by atoms with Crippen molar-refractivity contribution in [3.8, 4) is 11.5 Å². The molecule has 1 amide bonds. The van der Waals surface area contributed by atoms with Gasteiger partial charge in [-0.3, -0.25) is 4.79 Å². The van der Waals surface area contributed by atoms with Gasteiger partial charge in [0.1, 0.15) is 11.5 Å². The smallest absolute Gasteiger partial charge is 0.262 e. The molecule has 0 bridgehead atoms. The molecule has 0 aliphatic heterocycles. The Morgan fingerprint density at radius 2 is 1.78 bits per heavy atom. The number of anilines is 2. The van der Waals surface area contributed by atoms with E-state index >= 15 is 0 Å². The summed E-state index contributed by atoms with van der Waals surface area (Å²) in [5, 5.41) is 2.72. The van der Waals surface area contributed by atoms with E-state index in [1.807, 2.05) is 24.3 Å². The Morgan fingerprint density at radius 1 is 1.13 bits per heavy atom. The van der Waals surface area contributed by atoms with E-state index in [4.69, 9.17) is 15.2 Å². The number of nitrogens with one attached hydrogen (secondary N) is 1. The van der Waals surface area contributed by atoms with Crippen molar-refractivity contribution in [1.82, 2.24) is 0 Å². The van der Waals surface area contributed by atoms with Gasteiger partial charge < -0.3 is 20.5 Å². The summed E-state index contributed by atoms with van der Waals surface area (Å²) in [5.74, 6) is 1.46. The Balaban J connectivity index is 1.92. The number of rotatable bonds is 6. The predicted molar refractivity (Wildman–Crippen MR) is 92.1 cm³/mol. The first-order valence-electron chi connectivity index (χ1n) is 7.45. The number of ether oxygens (including phenoxy) is 2. The van der Waals surface area contributed by atoms with Gasteiger partial charge in [0.15, 0.2) is 6.61 Å². The van der Waals surface area contributed by atoms with E-state index in [-0.39, 0.29) is 12.5 Å². The molecule has 0 saturated carbocycles. The summed E-state index contributed by atoms with van der Waals surface area (Å²) in [5.41, 5.74) is 8.04. The van der Waals surface area contributed by atoms with Gasteiger partial charge in [0.25, 0.3) is 5.91 Å². The fourth-order valence-corrected chi connectivity index (χ4v) is 2.05. The van der Waals surface area contributed by atoms with Crippen molar-refractivity contribution >= 4 is 17.3 Å². The lowest BCUT2D eigenvalue weighted by atomic mass is 10.0. The van der Waals surface area contributed by atoms with Gasteiger partial charge in [-0.15, -0.1) is 0 Å². The standard InChI is InChI=1S/C18H22N2O3/c1-12(2)13-4-6-14(7-5-13)23-11-18(21)20-17-10-15(22-3)8-9-16(17)19/h4-10,12H,11,19H2,1-3H3,(H,20,21). The minimum Gasteiger partial charge on any atom is -0.497 e. The van der Waals surface area contributed by atoms with E-state index < -0.39 is 0 Å². The lowest BCUT2D eigenvalue weighted by molar-refractivity contribution is -0.118. The molecule has 0 heterocycles. The summed E-state index contributed by atoms with van der Waals surface area (Å²) in [4.78, 5) is 12.0. The van der Waals surface area contributed by atoms with Crippen LogP contribution in [-0.2, 0) is 4.79 Å². The minimum absolute atomic E-state index is 0.0856. The van der Waals surface area contributed by atoms with Crippen molar-refractivity contribution in [1.29, 1.82) is 0 Å². The Morgan fingerprint density at radius 3 is 2.39 bits per heavy atom. The van der Waals surface area contributed by atoms with Gasteiger partial charge in [0.05, 0.1) is 18.5 Å². The fourth-order valence-electron chi connectivity index (χ4n) is 2.05. The fraction of sp³-hybridized carbons (Fsp3) is 0.278. The van der Waals surface area contributed by atoms with Crippen LogP contribution in [0.25, 0.3) is 0 Å². The Kier molecular flexibility index (Phi) is 5.46. The molecule has 5 heteroatoms. The number of hydrogen-bond acceptors (Lipinski definition) is 4. The summed E-state index contributed by atoms with van der Waals surface area (Å²) in [6.45, 7) is 4.17. The first-order chi connectivity index (χ1) is 11.0. The number of hydrogen-bond donors (Lipinski definition) is 2. The average Bonchev–Trinajstić information content (AvgIpc) is 2.55. The second-order valence-corrected chi connectivity index (χ2v) is 5.51. The van der Waals surface area contributed by atoms with Crippen molar-refractivity contribution in [2.75, 3.05) is 24.8 Å². The van der Waals surface area contributed by atoms with Crippen molar-refractivity contribution in [2.45, 2.75) is 19.8 Å². The molecule has 0 unspecified atom stereocenters. The van der Waals surface area contributed by atoms with Gasteiger partial charge in [-0.2, -0.15) is 0 Å². The van der Waals surface area contributed by atoms with Crippen LogP contribution >= 0.6 is 0 Å². The molecule has 2 rings (SSSR count). The Bertz CT molecular complexity index is 666. The van der Waals surface area contributed by atoms with Gasteiger partial charge >= 0.3 is 0 Å². The molecule has 0 atom stereocenters. The van der Waals surface area contributed by atoms with E-state index in [0.717, 1.165) is 0 Å². The highest BCUT2D eigenvalue weighted by molar-refractivity contribution is 5.95. The largest absolute Gasteiger partial charge is 0.497 e. The maximum atomic E-state index is 12.0. The van der Waals surface area contributed by atoms with Crippen LogP contribution < -0.4 is 20.5 Å². The second-order valence-electron chi connectivity index (χ2n) is 5.51. The number of benzene rings is 2. The third kappa shape index (κ3) is 4.64. The van der Waals surface area contributed by atoms with Gasteiger partial charge in [-0.05, 0) is 35.7 Å². The molecule has 0 radical (unpaired) electrons. The highest BCUT2D eigenvalue weighted by Gasteiger charge is 2.08. The molecule has 2 aromatic carbocycles. The van der Waals surface area contributed by atoms with Crippen LogP contribution in [0, 0.1) is 0 Å². The number of methoxy groups -OCH3 is 1.